The number of carbonyl (C=O) groups is 1. The van der Waals surface area contributed by atoms with Gasteiger partial charge in [-0.05, 0) is 30.4 Å². The van der Waals surface area contributed by atoms with Crippen molar-refractivity contribution < 1.29 is 9.90 Å². The van der Waals surface area contributed by atoms with Crippen LogP contribution in [-0.4, -0.2) is 36.1 Å². The summed E-state index contributed by atoms with van der Waals surface area (Å²) < 4.78 is 0. The minimum Gasteiger partial charge on any atom is -0.505 e. The number of phenolic OH excluding ortho intramolecular Hbond substituents is 1. The molecule has 0 bridgehead atoms. The maximum atomic E-state index is 12.3. The molecule has 1 amide bonds. The van der Waals surface area contributed by atoms with Crippen LogP contribution in [0.1, 0.15) is 43.5 Å². The van der Waals surface area contributed by atoms with Gasteiger partial charge >= 0.3 is 0 Å². The van der Waals surface area contributed by atoms with Gasteiger partial charge in [-0.1, -0.05) is 45.9 Å². The van der Waals surface area contributed by atoms with Crippen LogP contribution in [0, 0.1) is 11.8 Å². The van der Waals surface area contributed by atoms with Gasteiger partial charge in [-0.15, -0.1) is 0 Å². The molecule has 3 unspecified atom stereocenters. The average molecular weight is 382 g/mol. The summed E-state index contributed by atoms with van der Waals surface area (Å²) in [6, 6.07) is 5.53. The third-order valence-electron chi connectivity index (χ3n) is 6.19. The summed E-state index contributed by atoms with van der Waals surface area (Å²) in [5.74, 6) is 0.976. The molecule has 1 fully saturated rings. The zero-order chi connectivity index (χ0) is 20.6. The van der Waals surface area contributed by atoms with Crippen molar-refractivity contribution in [3.8, 4) is 5.75 Å². The largest absolute Gasteiger partial charge is 0.505 e. The molecule has 3 rings (SSSR count). The van der Waals surface area contributed by atoms with Gasteiger partial charge in [0.2, 0.25) is 0 Å². The fraction of sp³-hybridized carbons (Fsp3) is 0.435. The van der Waals surface area contributed by atoms with Crippen LogP contribution in [0.15, 0.2) is 53.9 Å². The summed E-state index contributed by atoms with van der Waals surface area (Å²) in [5, 5.41) is 17.5. The third kappa shape index (κ3) is 3.53. The first-order chi connectivity index (χ1) is 13.2. The standard InChI is InChI=1S/C23H31N3O2/c1-13-9-7-11-18(14(13)2)24-20-15(3)16(4)21(20)25-19-12-8-10-17(22(19)27)23(28)26(5)6/h8,10,12-14,18,24-25,27H,3-4,7,9,11H2,1-2,5-6H3. The van der Waals surface area contributed by atoms with Crippen molar-refractivity contribution in [2.24, 2.45) is 11.8 Å². The maximum Gasteiger partial charge on any atom is 0.257 e. The Hall–Kier alpha value is -2.69. The minimum absolute atomic E-state index is 0.0574. The Morgan fingerprint density at radius 2 is 1.82 bits per heavy atom. The zero-order valence-electron chi connectivity index (χ0n) is 17.3. The van der Waals surface area contributed by atoms with Crippen LogP contribution >= 0.6 is 0 Å². The second kappa shape index (κ2) is 7.74. The quantitative estimate of drug-likeness (QED) is 0.667. The molecule has 0 aliphatic heterocycles. The summed E-state index contributed by atoms with van der Waals surface area (Å²) in [4.78, 5) is 13.7. The number of para-hydroxylation sites is 1. The monoisotopic (exact) mass is 381 g/mol. The van der Waals surface area contributed by atoms with E-state index in [-0.39, 0.29) is 17.2 Å². The van der Waals surface area contributed by atoms with Crippen LogP contribution in [0.5, 0.6) is 5.75 Å². The Morgan fingerprint density at radius 3 is 2.50 bits per heavy atom. The SMILES string of the molecule is C=C1C(=C)C(NC2CCCC(C)C2C)=C1Nc1cccc(C(=O)N(C)C)c1O. The molecule has 150 valence electrons. The van der Waals surface area contributed by atoms with Crippen molar-refractivity contribution >= 4 is 11.6 Å². The average Bonchev–Trinajstić information content (AvgIpc) is 2.67. The Bertz CT molecular complexity index is 853. The summed E-state index contributed by atoms with van der Waals surface area (Å²) in [7, 11) is 3.33. The normalized spacial score (nSPS) is 24.6. The lowest BCUT2D eigenvalue weighted by Gasteiger charge is -2.40. The smallest absolute Gasteiger partial charge is 0.257 e. The van der Waals surface area contributed by atoms with Gasteiger partial charge in [-0.3, -0.25) is 4.79 Å². The minimum atomic E-state index is -0.240. The lowest BCUT2D eigenvalue weighted by Crippen LogP contribution is -2.43. The van der Waals surface area contributed by atoms with Crippen LogP contribution in [0.2, 0.25) is 0 Å². The van der Waals surface area contributed by atoms with Gasteiger partial charge in [-0.2, -0.15) is 0 Å². The van der Waals surface area contributed by atoms with E-state index in [4.69, 9.17) is 0 Å². The molecule has 0 radical (unpaired) electrons. The molecule has 0 saturated heterocycles. The van der Waals surface area contributed by atoms with Crippen LogP contribution in [-0.2, 0) is 0 Å². The van der Waals surface area contributed by atoms with Gasteiger partial charge in [-0.25, -0.2) is 0 Å². The Balaban J connectivity index is 1.86. The highest BCUT2D eigenvalue weighted by Crippen LogP contribution is 2.40. The molecule has 28 heavy (non-hydrogen) atoms. The van der Waals surface area contributed by atoms with E-state index < -0.39 is 0 Å². The van der Waals surface area contributed by atoms with Gasteiger partial charge in [0.15, 0.2) is 5.75 Å². The van der Waals surface area contributed by atoms with Crippen molar-refractivity contribution in [2.45, 2.75) is 39.2 Å². The second-order valence-corrected chi connectivity index (χ2v) is 8.25. The maximum absolute atomic E-state index is 12.3. The van der Waals surface area contributed by atoms with E-state index in [0.717, 1.165) is 29.0 Å². The van der Waals surface area contributed by atoms with Crippen molar-refractivity contribution in [3.05, 3.63) is 59.5 Å². The molecule has 1 aromatic carbocycles. The van der Waals surface area contributed by atoms with Crippen LogP contribution in [0.3, 0.4) is 0 Å². The number of allylic oxidation sites excluding steroid dienone is 2. The number of carbonyl (C=O) groups excluding carboxylic acids is 1. The van der Waals surface area contributed by atoms with E-state index in [1.165, 1.54) is 17.7 Å². The van der Waals surface area contributed by atoms with Gasteiger partial charge in [0.05, 0.1) is 22.6 Å². The molecule has 3 N–H and O–H groups in total. The highest BCUT2D eigenvalue weighted by molar-refractivity contribution is 5.98. The number of amides is 1. The second-order valence-electron chi connectivity index (χ2n) is 8.25. The predicted molar refractivity (Wildman–Crippen MR) is 114 cm³/mol. The molecule has 0 spiro atoms. The topological polar surface area (TPSA) is 64.6 Å². The Morgan fingerprint density at radius 1 is 1.14 bits per heavy atom. The number of nitrogens with one attached hydrogen (secondary N) is 2. The van der Waals surface area contributed by atoms with Gasteiger partial charge in [0.1, 0.15) is 0 Å². The summed E-state index contributed by atoms with van der Waals surface area (Å²) in [6.45, 7) is 12.8. The summed E-state index contributed by atoms with van der Waals surface area (Å²) in [6.07, 6.45) is 3.64. The predicted octanol–water partition coefficient (Wildman–Crippen LogP) is 4.26. The van der Waals surface area contributed by atoms with Crippen molar-refractivity contribution in [3.63, 3.8) is 0 Å². The highest BCUT2D eigenvalue weighted by atomic mass is 16.3. The van der Waals surface area contributed by atoms with Crippen LogP contribution in [0.4, 0.5) is 5.69 Å². The van der Waals surface area contributed by atoms with E-state index in [9.17, 15) is 9.90 Å². The lowest BCUT2D eigenvalue weighted by atomic mass is 9.77. The zero-order valence-corrected chi connectivity index (χ0v) is 17.3. The van der Waals surface area contributed by atoms with Gasteiger partial charge in [0.25, 0.3) is 5.91 Å². The first-order valence-electron chi connectivity index (χ1n) is 9.92. The van der Waals surface area contributed by atoms with E-state index >= 15 is 0 Å². The van der Waals surface area contributed by atoms with Gasteiger partial charge in [0, 0.05) is 31.3 Å². The highest BCUT2D eigenvalue weighted by Gasteiger charge is 2.33. The molecule has 3 atom stereocenters. The Labute approximate surface area is 167 Å². The number of nitrogens with zero attached hydrogens (tertiary/aromatic N) is 1. The fourth-order valence-electron chi connectivity index (χ4n) is 4.00. The molecule has 1 saturated carbocycles. The van der Waals surface area contributed by atoms with Crippen LogP contribution in [0.25, 0.3) is 0 Å². The lowest BCUT2D eigenvalue weighted by molar-refractivity contribution is 0.0824. The number of hydrogen-bond donors (Lipinski definition) is 3. The Kier molecular flexibility index (Phi) is 5.54. The van der Waals surface area contributed by atoms with Crippen molar-refractivity contribution in [1.82, 2.24) is 10.2 Å². The fourth-order valence-corrected chi connectivity index (χ4v) is 4.00. The number of phenols is 1. The molecule has 2 aliphatic rings. The molecule has 0 heterocycles. The molecule has 5 nitrogen and oxygen atoms in total. The number of rotatable bonds is 5. The molecular weight excluding hydrogens is 350 g/mol. The van der Waals surface area contributed by atoms with E-state index in [1.807, 2.05) is 0 Å². The molecule has 1 aromatic rings. The van der Waals surface area contributed by atoms with Gasteiger partial charge < -0.3 is 20.6 Å². The first kappa shape index (κ1) is 20.1. The molecule has 2 aliphatic carbocycles. The number of aromatic hydroxyl groups is 1. The van der Waals surface area contributed by atoms with E-state index in [1.54, 1.807) is 32.3 Å². The first-order valence-corrected chi connectivity index (χ1v) is 9.92. The van der Waals surface area contributed by atoms with Crippen molar-refractivity contribution in [1.29, 1.82) is 0 Å². The number of anilines is 1. The number of hydrogen-bond acceptors (Lipinski definition) is 4. The molecular formula is C23H31N3O2. The van der Waals surface area contributed by atoms with Crippen LogP contribution < -0.4 is 10.6 Å². The van der Waals surface area contributed by atoms with E-state index in [2.05, 4.69) is 37.6 Å². The summed E-state index contributed by atoms with van der Waals surface area (Å²) in [5.41, 5.74) is 4.26. The van der Waals surface area contributed by atoms with Crippen molar-refractivity contribution in [2.75, 3.05) is 19.4 Å². The number of benzene rings is 1. The molecule has 5 heteroatoms. The summed E-state index contributed by atoms with van der Waals surface area (Å²) >= 11 is 0. The third-order valence-corrected chi connectivity index (χ3v) is 6.19. The molecule has 0 aromatic heterocycles. The van der Waals surface area contributed by atoms with E-state index in [0.29, 0.717) is 23.6 Å².